The average Bonchev–Trinajstić information content (AvgIpc) is 3.32. The van der Waals surface area contributed by atoms with Crippen LogP contribution < -0.4 is 0 Å². The zero-order chi connectivity index (χ0) is 48.1. The van der Waals surface area contributed by atoms with Crippen LogP contribution in [0.25, 0.3) is 0 Å². The summed E-state index contributed by atoms with van der Waals surface area (Å²) in [6.07, 6.45) is 63.1. The Bertz CT molecular complexity index is 881. The predicted molar refractivity (Wildman–Crippen MR) is 294 cm³/mol. The molecule has 0 spiro atoms. The van der Waals surface area contributed by atoms with E-state index in [-0.39, 0.29) is 11.9 Å². The van der Waals surface area contributed by atoms with Crippen LogP contribution in [0.15, 0.2) is 0 Å². The summed E-state index contributed by atoms with van der Waals surface area (Å²) < 4.78 is 5.83. The number of unbranched alkanes of at least 4 members (excludes halogenated alkanes) is 37. The smallest absolute Gasteiger partial charge is 0.308 e. The summed E-state index contributed by atoms with van der Waals surface area (Å²) in [5.74, 6) is 1.17. The summed E-state index contributed by atoms with van der Waals surface area (Å²) in [6, 6.07) is 0. The van der Waals surface area contributed by atoms with Gasteiger partial charge in [-0.15, -0.1) is 0 Å². The van der Waals surface area contributed by atoms with Crippen molar-refractivity contribution in [3.63, 3.8) is 0 Å². The fourth-order valence-electron chi connectivity index (χ4n) is 10.3. The third-order valence-electron chi connectivity index (χ3n) is 15.0. The van der Waals surface area contributed by atoms with Crippen molar-refractivity contribution in [3.05, 3.63) is 0 Å². The lowest BCUT2D eigenvalue weighted by molar-refractivity contribution is -0.149. The van der Waals surface area contributed by atoms with Crippen molar-refractivity contribution in [2.24, 2.45) is 11.8 Å². The predicted octanol–water partition coefficient (Wildman–Crippen LogP) is 20.8. The molecule has 0 rings (SSSR count). The second-order valence-corrected chi connectivity index (χ2v) is 21.6. The molecular formula is C62H123NO3. The number of hydrogen-bond donors (Lipinski definition) is 0. The third-order valence-corrected chi connectivity index (χ3v) is 15.0. The molecule has 66 heavy (non-hydrogen) atoms. The topological polar surface area (TPSA) is 46.6 Å². The van der Waals surface area contributed by atoms with Crippen molar-refractivity contribution in [1.29, 1.82) is 0 Å². The fraction of sp³-hybridized carbons (Fsp3) is 0.968. The molecule has 0 aromatic rings. The summed E-state index contributed by atoms with van der Waals surface area (Å²) in [6.45, 7) is 16.0. The summed E-state index contributed by atoms with van der Waals surface area (Å²) in [5.41, 5.74) is 0. The average molecular weight is 931 g/mol. The van der Waals surface area contributed by atoms with Crippen LogP contribution in [0, 0.1) is 11.8 Å². The van der Waals surface area contributed by atoms with Gasteiger partial charge in [-0.1, -0.05) is 285 Å². The monoisotopic (exact) mass is 930 g/mol. The van der Waals surface area contributed by atoms with Crippen molar-refractivity contribution >= 4 is 11.8 Å². The fourth-order valence-corrected chi connectivity index (χ4v) is 10.3. The lowest BCUT2D eigenvalue weighted by Crippen LogP contribution is -2.27. The van der Waals surface area contributed by atoms with Gasteiger partial charge in [-0.3, -0.25) is 9.59 Å². The van der Waals surface area contributed by atoms with Gasteiger partial charge in [0.15, 0.2) is 0 Å². The van der Waals surface area contributed by atoms with Gasteiger partial charge in [0, 0.05) is 12.3 Å². The molecule has 0 radical (unpaired) electrons. The maximum Gasteiger partial charge on any atom is 0.308 e. The number of Topliss-reactive ketones (excluding diaryl/α,β-unsaturated/α-hetero) is 1. The standard InChI is InChI=1S/C62H123NO3/c1-6-11-16-20-35-43-51-59(50-41-18-13-8-3)61(64)54-45-37-31-27-23-22-24-28-32-38-47-56-63(55-46-15-10-5)57-48-39-33-29-25-26-30-34-40-49-58-66-62(65)60(52-42-19-14-9-4)53-44-36-21-17-12-7-2/h59-60H,6-58H2,1-5H3. The highest BCUT2D eigenvalue weighted by atomic mass is 16.5. The molecule has 0 aromatic carbocycles. The van der Waals surface area contributed by atoms with Gasteiger partial charge >= 0.3 is 5.97 Å². The van der Waals surface area contributed by atoms with Crippen LogP contribution >= 0.6 is 0 Å². The van der Waals surface area contributed by atoms with Crippen molar-refractivity contribution < 1.29 is 14.3 Å². The van der Waals surface area contributed by atoms with Crippen LogP contribution in [0.4, 0.5) is 0 Å². The first kappa shape index (κ1) is 65.1. The first-order valence-electron chi connectivity index (χ1n) is 30.9. The molecule has 0 saturated heterocycles. The lowest BCUT2D eigenvalue weighted by atomic mass is 9.88. The Hall–Kier alpha value is -0.900. The summed E-state index contributed by atoms with van der Waals surface area (Å²) in [5, 5.41) is 0. The molecule has 0 heterocycles. The second-order valence-electron chi connectivity index (χ2n) is 21.6. The first-order valence-corrected chi connectivity index (χ1v) is 30.9. The van der Waals surface area contributed by atoms with Crippen LogP contribution in [0.1, 0.15) is 349 Å². The molecule has 0 fully saturated rings. The molecule has 0 N–H and O–H groups in total. The number of hydrogen-bond acceptors (Lipinski definition) is 4. The molecule has 0 aliphatic heterocycles. The Morgan fingerprint density at radius 3 is 0.939 bits per heavy atom. The Morgan fingerprint density at radius 1 is 0.303 bits per heavy atom. The van der Waals surface area contributed by atoms with E-state index in [4.69, 9.17) is 4.74 Å². The molecule has 0 saturated carbocycles. The van der Waals surface area contributed by atoms with Gasteiger partial charge in [-0.25, -0.2) is 0 Å². The minimum Gasteiger partial charge on any atom is -0.465 e. The number of ketones is 1. The van der Waals surface area contributed by atoms with E-state index < -0.39 is 0 Å². The Balaban J connectivity index is 3.96. The molecule has 4 heteroatoms. The number of rotatable bonds is 57. The Kier molecular flexibility index (Phi) is 54.3. The van der Waals surface area contributed by atoms with E-state index in [1.165, 1.54) is 289 Å². The normalized spacial score (nSPS) is 12.6. The first-order chi connectivity index (χ1) is 32.5. The Labute approximate surface area is 416 Å². The van der Waals surface area contributed by atoms with Crippen molar-refractivity contribution in [2.45, 2.75) is 349 Å². The second kappa shape index (κ2) is 55.0. The van der Waals surface area contributed by atoms with Crippen LogP contribution in [0.5, 0.6) is 0 Å². The zero-order valence-electron chi connectivity index (χ0n) is 46.3. The van der Waals surface area contributed by atoms with Crippen LogP contribution in [-0.4, -0.2) is 42.9 Å². The highest BCUT2D eigenvalue weighted by molar-refractivity contribution is 5.80. The molecule has 0 aliphatic carbocycles. The molecule has 0 aromatic heterocycles. The molecule has 0 amide bonds. The van der Waals surface area contributed by atoms with Gasteiger partial charge in [0.1, 0.15) is 5.78 Å². The maximum atomic E-state index is 13.2. The van der Waals surface area contributed by atoms with Crippen LogP contribution in [0.3, 0.4) is 0 Å². The summed E-state index contributed by atoms with van der Waals surface area (Å²) in [4.78, 5) is 28.9. The molecule has 2 atom stereocenters. The lowest BCUT2D eigenvalue weighted by Gasteiger charge is -2.22. The van der Waals surface area contributed by atoms with E-state index >= 15 is 0 Å². The van der Waals surface area contributed by atoms with Crippen molar-refractivity contribution in [1.82, 2.24) is 4.90 Å². The highest BCUT2D eigenvalue weighted by Gasteiger charge is 2.20. The van der Waals surface area contributed by atoms with Gasteiger partial charge in [0.2, 0.25) is 0 Å². The number of nitrogens with zero attached hydrogens (tertiary/aromatic N) is 1. The van der Waals surface area contributed by atoms with E-state index in [0.717, 1.165) is 44.9 Å². The van der Waals surface area contributed by atoms with E-state index in [1.807, 2.05) is 0 Å². The van der Waals surface area contributed by atoms with Crippen LogP contribution in [-0.2, 0) is 14.3 Å². The van der Waals surface area contributed by atoms with Crippen molar-refractivity contribution in [3.8, 4) is 0 Å². The van der Waals surface area contributed by atoms with E-state index in [0.29, 0.717) is 18.3 Å². The summed E-state index contributed by atoms with van der Waals surface area (Å²) in [7, 11) is 0. The van der Waals surface area contributed by atoms with Gasteiger partial charge in [-0.05, 0) is 77.4 Å². The largest absolute Gasteiger partial charge is 0.465 e. The summed E-state index contributed by atoms with van der Waals surface area (Å²) >= 11 is 0. The van der Waals surface area contributed by atoms with E-state index in [1.54, 1.807) is 0 Å². The minimum atomic E-state index is 0.0966. The maximum absolute atomic E-state index is 13.2. The quantitative estimate of drug-likeness (QED) is 0.0450. The van der Waals surface area contributed by atoms with E-state index in [2.05, 4.69) is 39.5 Å². The molecule has 2 unspecified atom stereocenters. The number of carbonyl (C=O) groups excluding carboxylic acids is 2. The number of carbonyl (C=O) groups is 2. The highest BCUT2D eigenvalue weighted by Crippen LogP contribution is 2.24. The number of esters is 1. The molecule has 4 nitrogen and oxygen atoms in total. The van der Waals surface area contributed by atoms with Crippen LogP contribution in [0.2, 0.25) is 0 Å². The third kappa shape index (κ3) is 46.8. The van der Waals surface area contributed by atoms with Crippen molar-refractivity contribution in [2.75, 3.05) is 26.2 Å². The minimum absolute atomic E-state index is 0.0966. The Morgan fingerprint density at radius 2 is 0.561 bits per heavy atom. The molecular weight excluding hydrogens is 807 g/mol. The SMILES string of the molecule is CCCCCCCCC(CCCCCC)C(=O)CCCCCCCCCCCCCN(CCCCC)CCCCCCCCCCCCOC(=O)C(CCCCCC)CCCCCCCC. The van der Waals surface area contributed by atoms with Gasteiger partial charge in [-0.2, -0.15) is 0 Å². The number of ether oxygens (including phenoxy) is 1. The molecule has 394 valence electrons. The van der Waals surface area contributed by atoms with Gasteiger partial charge in [0.25, 0.3) is 0 Å². The van der Waals surface area contributed by atoms with Gasteiger partial charge in [0.05, 0.1) is 12.5 Å². The zero-order valence-corrected chi connectivity index (χ0v) is 46.3. The van der Waals surface area contributed by atoms with E-state index in [9.17, 15) is 9.59 Å². The van der Waals surface area contributed by atoms with Gasteiger partial charge < -0.3 is 9.64 Å². The molecule has 0 bridgehead atoms. The molecule has 0 aliphatic rings.